The minimum atomic E-state index is -2.12. The van der Waals surface area contributed by atoms with Crippen molar-refractivity contribution in [3.05, 3.63) is 69.1 Å². The molecule has 8 atom stereocenters. The van der Waals surface area contributed by atoms with Gasteiger partial charge in [-0.1, -0.05) is 11.8 Å². The maximum Gasteiger partial charge on any atom is 0.519 e. The van der Waals surface area contributed by atoms with Crippen molar-refractivity contribution in [1.29, 1.82) is 0 Å². The summed E-state index contributed by atoms with van der Waals surface area (Å²) in [4.78, 5) is 87.4. The van der Waals surface area contributed by atoms with Crippen LogP contribution in [0.1, 0.15) is 115 Å². The fourth-order valence-electron chi connectivity index (χ4n) is 8.25. The Labute approximate surface area is 414 Å². The molecule has 27 nitrogen and oxygen atoms in total. The van der Waals surface area contributed by atoms with Crippen LogP contribution in [0.2, 0.25) is 0 Å². The first kappa shape index (κ1) is 52.1. The number of aryl methyl sites for hydroxylation is 2. The summed E-state index contributed by atoms with van der Waals surface area (Å²) in [5.74, 6) is 0.321. The van der Waals surface area contributed by atoms with Gasteiger partial charge in [0.2, 0.25) is 0 Å². The summed E-state index contributed by atoms with van der Waals surface area (Å²) in [6, 6.07) is 0. The molecule has 0 aliphatic carbocycles. The lowest BCUT2D eigenvalue weighted by atomic mass is 9.89. The number of nitrogens with zero attached hydrogens (tertiary/aromatic N) is 8. The van der Waals surface area contributed by atoms with E-state index in [4.69, 9.17) is 58.9 Å². The van der Waals surface area contributed by atoms with E-state index < -0.39 is 126 Å². The van der Waals surface area contributed by atoms with Crippen molar-refractivity contribution >= 4 is 52.3 Å². The first-order valence-electron chi connectivity index (χ1n) is 22.2. The zero-order chi connectivity index (χ0) is 53.8. The van der Waals surface area contributed by atoms with Gasteiger partial charge in [0.1, 0.15) is 23.7 Å². The Morgan fingerprint density at radius 2 is 1.09 bits per heavy atom. The molecule has 2 aliphatic heterocycles. The van der Waals surface area contributed by atoms with Crippen LogP contribution in [-0.4, -0.2) is 102 Å². The highest BCUT2D eigenvalue weighted by Crippen LogP contribution is 2.46. The van der Waals surface area contributed by atoms with E-state index in [0.717, 1.165) is 12.7 Å². The van der Waals surface area contributed by atoms with Crippen molar-refractivity contribution in [2.45, 2.75) is 140 Å². The molecule has 0 saturated carbocycles. The zero-order valence-electron chi connectivity index (χ0n) is 40.5. The fourth-order valence-corrected chi connectivity index (χ4v) is 8.25. The van der Waals surface area contributed by atoms with Crippen molar-refractivity contribution in [1.82, 2.24) is 39.0 Å². The highest BCUT2D eigenvalue weighted by atomic mass is 19.1. The Morgan fingerprint density at radius 3 is 1.42 bits per heavy atom. The minimum Gasteiger partial charge on any atom is -0.444 e. The summed E-state index contributed by atoms with van der Waals surface area (Å²) in [7, 11) is 0. The molecule has 4 N–H and O–H groups in total. The molecule has 6 aromatic rings. The van der Waals surface area contributed by atoms with Gasteiger partial charge >= 0.3 is 42.1 Å². The lowest BCUT2D eigenvalue weighted by molar-refractivity contribution is -0.109. The summed E-state index contributed by atoms with van der Waals surface area (Å²) >= 11 is 0. The molecule has 0 bridgehead atoms. The summed E-state index contributed by atoms with van der Waals surface area (Å²) in [6.45, 7) is 12.2. The quantitative estimate of drug-likeness (QED) is 0.0538. The number of imidazole rings is 2. The van der Waals surface area contributed by atoms with Crippen molar-refractivity contribution < 1.29 is 79.5 Å². The molecule has 8 rings (SSSR count). The van der Waals surface area contributed by atoms with E-state index in [2.05, 4.69) is 52.4 Å². The van der Waals surface area contributed by atoms with Gasteiger partial charge in [-0.25, -0.2) is 33.9 Å². The van der Waals surface area contributed by atoms with Gasteiger partial charge in [-0.05, 0) is 55.4 Å². The Bertz CT molecular complexity index is 3150. The number of hydrogen-bond acceptors (Lipinski definition) is 23. The SMILES string of the molecule is C#C[C@@]1(CC(OC(=O)OC(C[C@]2(C#C)O[C@@H](n3cnc4c(NC(=O)OC(C)(C)C)nc(F)nc43)C[C@@H]2O)c2oc(=O)oc2C)c2oc(=O)oc2C)O[C@@H](n2cnc3c(NC(=O)OC(C)(C)C)nc(F)nc32)C[C@@H]1O. The van der Waals surface area contributed by atoms with Crippen LogP contribution in [0.4, 0.5) is 34.8 Å². The second kappa shape index (κ2) is 19.3. The number of amides is 2. The van der Waals surface area contributed by atoms with Crippen LogP contribution < -0.4 is 22.3 Å². The standard InChI is InChI=1S/C45H46F2N10O17/c1-11-44(23(58)13-25(71-44)56-17-48-27-31(50-35(46)54-33(27)56)52-37(60)73-42(5,6)7)15-21(29-19(3)65-39(62)69-29)67-41(64)68-22(30-20(4)66-40(63)70-30)16-45(12-2)24(59)14-26(72-45)57-18-49-28-32(51-36(47)55-34(28)57)53-38(61)74-43(8,9)10/h1-2,17-18,21-26,58-59H,13-16H2,3-10H3,(H,50,52,54,60)(H,51,53,55,61)/t21?,22?,23-,24-,25+,26+,44-,45-/m0/s1. The second-order valence-corrected chi connectivity index (χ2v) is 18.9. The highest BCUT2D eigenvalue weighted by molar-refractivity contribution is 5.94. The number of fused-ring (bicyclic) bond motifs is 2. The normalized spacial score (nSPS) is 22.7. The Kier molecular flexibility index (Phi) is 13.6. The Balaban J connectivity index is 1.05. The van der Waals surface area contributed by atoms with Crippen molar-refractivity contribution in [3.8, 4) is 24.7 Å². The van der Waals surface area contributed by atoms with E-state index in [1.165, 1.54) is 23.0 Å². The number of hydrogen-bond donors (Lipinski definition) is 4. The number of anilines is 2. The number of terminal acetylenes is 2. The highest BCUT2D eigenvalue weighted by Gasteiger charge is 2.53. The third kappa shape index (κ3) is 10.6. The van der Waals surface area contributed by atoms with Gasteiger partial charge in [-0.15, -0.1) is 12.8 Å². The number of ether oxygens (including phenoxy) is 6. The predicted octanol–water partition coefficient (Wildman–Crippen LogP) is 5.07. The monoisotopic (exact) mass is 1040 g/mol. The fraction of sp³-hybridized carbons (Fsp3) is 0.489. The van der Waals surface area contributed by atoms with Crippen molar-refractivity contribution in [2.75, 3.05) is 10.6 Å². The number of aliphatic hydroxyl groups excluding tert-OH is 2. The topological polar surface area (TPSA) is 345 Å². The summed E-state index contributed by atoms with van der Waals surface area (Å²) in [5.41, 5.74) is -6.69. The second-order valence-electron chi connectivity index (χ2n) is 18.9. The van der Waals surface area contributed by atoms with Gasteiger partial charge < -0.3 is 56.3 Å². The first-order valence-corrected chi connectivity index (χ1v) is 22.2. The number of rotatable bonds is 12. The molecule has 2 fully saturated rings. The molecule has 2 aliphatic rings. The third-order valence-corrected chi connectivity index (χ3v) is 11.3. The van der Waals surface area contributed by atoms with E-state index in [9.17, 15) is 43.0 Å². The largest absolute Gasteiger partial charge is 0.519 e. The van der Waals surface area contributed by atoms with Crippen LogP contribution in [0.5, 0.6) is 0 Å². The Morgan fingerprint density at radius 1 is 0.716 bits per heavy atom. The summed E-state index contributed by atoms with van der Waals surface area (Å²) in [6.07, 6.45) is -3.05. The van der Waals surface area contributed by atoms with Gasteiger partial charge in [-0.2, -0.15) is 28.7 Å². The predicted molar refractivity (Wildman–Crippen MR) is 241 cm³/mol. The molecule has 74 heavy (non-hydrogen) atoms. The molecule has 0 radical (unpaired) electrons. The smallest absolute Gasteiger partial charge is 0.444 e. The molecule has 29 heteroatoms. The van der Waals surface area contributed by atoms with Gasteiger partial charge in [0.25, 0.3) is 0 Å². The van der Waals surface area contributed by atoms with E-state index in [1.54, 1.807) is 41.5 Å². The lowest BCUT2D eigenvalue weighted by Gasteiger charge is -2.31. The number of carbonyl (C=O) groups is 3. The average molecular weight is 1040 g/mol. The van der Waals surface area contributed by atoms with E-state index in [0.29, 0.717) is 0 Å². The number of aliphatic hydroxyl groups is 2. The third-order valence-electron chi connectivity index (χ3n) is 11.3. The first-order chi connectivity index (χ1) is 34.7. The minimum absolute atomic E-state index is 0.104. The molecule has 2 amide bonds. The Hall–Kier alpha value is -8.25. The molecule has 392 valence electrons. The van der Waals surface area contributed by atoms with Gasteiger partial charge in [0, 0.05) is 25.7 Å². The van der Waals surface area contributed by atoms with Crippen LogP contribution >= 0.6 is 0 Å². The molecule has 2 unspecified atom stereocenters. The van der Waals surface area contributed by atoms with E-state index in [1.807, 2.05) is 0 Å². The maximum absolute atomic E-state index is 14.9. The van der Waals surface area contributed by atoms with Crippen LogP contribution in [0.25, 0.3) is 22.3 Å². The van der Waals surface area contributed by atoms with Crippen LogP contribution in [-0.2, 0) is 28.4 Å². The lowest BCUT2D eigenvalue weighted by Crippen LogP contribution is -2.41. The molecule has 6 aromatic heterocycles. The number of halogens is 2. The van der Waals surface area contributed by atoms with Crippen molar-refractivity contribution in [3.63, 3.8) is 0 Å². The molecular formula is C45H46F2N10O17. The maximum atomic E-state index is 14.9. The molecule has 0 aromatic carbocycles. The van der Waals surface area contributed by atoms with Crippen LogP contribution in [0.15, 0.2) is 39.9 Å². The molecule has 0 spiro atoms. The molecule has 2 saturated heterocycles. The summed E-state index contributed by atoms with van der Waals surface area (Å²) < 4.78 is 87.3. The molecule has 8 heterocycles. The van der Waals surface area contributed by atoms with E-state index >= 15 is 0 Å². The van der Waals surface area contributed by atoms with Crippen LogP contribution in [0.3, 0.4) is 0 Å². The number of nitrogens with one attached hydrogen (secondary N) is 2. The summed E-state index contributed by atoms with van der Waals surface area (Å²) in [5, 5.41) is 27.9. The van der Waals surface area contributed by atoms with Crippen molar-refractivity contribution in [2.24, 2.45) is 0 Å². The zero-order valence-corrected chi connectivity index (χ0v) is 40.5. The van der Waals surface area contributed by atoms with E-state index in [-0.39, 0.29) is 58.3 Å². The number of carbonyl (C=O) groups excluding carboxylic acids is 3. The van der Waals surface area contributed by atoms with Gasteiger partial charge in [-0.3, -0.25) is 19.8 Å². The van der Waals surface area contributed by atoms with Gasteiger partial charge in [0.15, 0.2) is 80.4 Å². The average Bonchev–Trinajstić information content (AvgIpc) is 4.14. The molecular weight excluding hydrogens is 991 g/mol. The van der Waals surface area contributed by atoms with Gasteiger partial charge in [0.05, 0.1) is 24.9 Å². The van der Waals surface area contributed by atoms with Crippen LogP contribution in [0, 0.1) is 50.7 Å². The number of aromatic nitrogens is 8.